The van der Waals surface area contributed by atoms with E-state index in [1.54, 1.807) is 0 Å². The summed E-state index contributed by atoms with van der Waals surface area (Å²) in [5.41, 5.74) is 1.30. The molecule has 4 nitrogen and oxygen atoms in total. The summed E-state index contributed by atoms with van der Waals surface area (Å²) in [4.78, 5) is 17.4. The molecule has 3 rings (SSSR count). The molecule has 1 aromatic carbocycles. The standard InChI is InChI=1S/C21H32N2O2/c1-22(14-10-18-11-15-25-16-12-18)21(24)20-9-5-6-13-23(20)17-19-7-3-2-4-8-19/h2-4,7-8,18,20H,5-6,9-17H2,1H3/t20-/m1/s1. The van der Waals surface area contributed by atoms with Gasteiger partial charge in [-0.15, -0.1) is 0 Å². The van der Waals surface area contributed by atoms with E-state index in [0.29, 0.717) is 5.91 Å². The first-order chi connectivity index (χ1) is 12.2. The lowest BCUT2D eigenvalue weighted by atomic mass is 9.96. The second-order valence-electron chi connectivity index (χ2n) is 7.57. The molecule has 2 fully saturated rings. The summed E-state index contributed by atoms with van der Waals surface area (Å²) in [6.07, 6.45) is 6.75. The fraction of sp³-hybridized carbons (Fsp3) is 0.667. The molecule has 0 spiro atoms. The van der Waals surface area contributed by atoms with Crippen LogP contribution in [-0.4, -0.2) is 55.1 Å². The Hall–Kier alpha value is -1.39. The molecular weight excluding hydrogens is 312 g/mol. The molecule has 0 saturated carbocycles. The molecule has 25 heavy (non-hydrogen) atoms. The Morgan fingerprint density at radius 2 is 1.92 bits per heavy atom. The molecule has 1 atom stereocenters. The van der Waals surface area contributed by atoms with Gasteiger partial charge in [-0.2, -0.15) is 0 Å². The van der Waals surface area contributed by atoms with E-state index in [4.69, 9.17) is 4.74 Å². The number of benzene rings is 1. The second-order valence-corrected chi connectivity index (χ2v) is 7.57. The van der Waals surface area contributed by atoms with Crippen LogP contribution >= 0.6 is 0 Å². The molecule has 0 bridgehead atoms. The molecule has 1 aromatic rings. The number of carbonyl (C=O) groups excluding carboxylic acids is 1. The summed E-state index contributed by atoms with van der Waals surface area (Å²) in [7, 11) is 1.98. The zero-order chi connectivity index (χ0) is 17.5. The van der Waals surface area contributed by atoms with E-state index < -0.39 is 0 Å². The van der Waals surface area contributed by atoms with Crippen LogP contribution in [0.15, 0.2) is 30.3 Å². The Bertz CT molecular complexity index is 528. The molecule has 4 heteroatoms. The molecule has 1 amide bonds. The SMILES string of the molecule is CN(CCC1CCOCC1)C(=O)[C@H]1CCCCN1Cc1ccccc1. The van der Waals surface area contributed by atoms with Crippen LogP contribution in [0.2, 0.25) is 0 Å². The third-order valence-electron chi connectivity index (χ3n) is 5.72. The van der Waals surface area contributed by atoms with Crippen LogP contribution in [0.25, 0.3) is 0 Å². The number of likely N-dealkylation sites (N-methyl/N-ethyl adjacent to an activating group) is 1. The van der Waals surface area contributed by atoms with Crippen molar-refractivity contribution in [3.8, 4) is 0 Å². The van der Waals surface area contributed by atoms with Gasteiger partial charge >= 0.3 is 0 Å². The van der Waals surface area contributed by atoms with E-state index in [1.165, 1.54) is 12.0 Å². The largest absolute Gasteiger partial charge is 0.381 e. The number of nitrogens with zero attached hydrogens (tertiary/aromatic N) is 2. The van der Waals surface area contributed by atoms with Crippen molar-refractivity contribution in [1.29, 1.82) is 0 Å². The number of amides is 1. The highest BCUT2D eigenvalue weighted by Crippen LogP contribution is 2.23. The smallest absolute Gasteiger partial charge is 0.239 e. The van der Waals surface area contributed by atoms with Gasteiger partial charge in [0.05, 0.1) is 6.04 Å². The van der Waals surface area contributed by atoms with Gasteiger partial charge in [-0.3, -0.25) is 9.69 Å². The van der Waals surface area contributed by atoms with Crippen LogP contribution in [0.3, 0.4) is 0 Å². The molecule has 0 aromatic heterocycles. The maximum atomic E-state index is 13.0. The van der Waals surface area contributed by atoms with Crippen LogP contribution in [-0.2, 0) is 16.1 Å². The van der Waals surface area contributed by atoms with Crippen LogP contribution in [0.1, 0.15) is 44.1 Å². The maximum absolute atomic E-state index is 13.0. The van der Waals surface area contributed by atoms with E-state index in [9.17, 15) is 4.79 Å². The van der Waals surface area contributed by atoms with Crippen LogP contribution in [0.4, 0.5) is 0 Å². The zero-order valence-electron chi connectivity index (χ0n) is 15.5. The van der Waals surface area contributed by atoms with E-state index in [2.05, 4.69) is 29.2 Å². The summed E-state index contributed by atoms with van der Waals surface area (Å²) in [5, 5.41) is 0. The van der Waals surface area contributed by atoms with Crippen molar-refractivity contribution in [1.82, 2.24) is 9.80 Å². The normalized spacial score (nSPS) is 22.7. The average molecular weight is 344 g/mol. The Kier molecular flexibility index (Phi) is 6.88. The van der Waals surface area contributed by atoms with E-state index >= 15 is 0 Å². The molecule has 0 radical (unpaired) electrons. The lowest BCUT2D eigenvalue weighted by Crippen LogP contribution is -2.49. The number of carbonyl (C=O) groups is 1. The van der Waals surface area contributed by atoms with Gasteiger partial charge in [0.2, 0.25) is 5.91 Å². The van der Waals surface area contributed by atoms with E-state index in [1.807, 2.05) is 18.0 Å². The van der Waals surface area contributed by atoms with Crippen molar-refractivity contribution in [2.75, 3.05) is 33.4 Å². The van der Waals surface area contributed by atoms with Crippen LogP contribution in [0, 0.1) is 5.92 Å². The molecule has 0 unspecified atom stereocenters. The Morgan fingerprint density at radius 1 is 1.16 bits per heavy atom. The van der Waals surface area contributed by atoms with Gasteiger partial charge in [0, 0.05) is 33.4 Å². The monoisotopic (exact) mass is 344 g/mol. The number of hydrogen-bond donors (Lipinski definition) is 0. The molecule has 0 aliphatic carbocycles. The summed E-state index contributed by atoms with van der Waals surface area (Å²) in [5.74, 6) is 1.03. The number of likely N-dealkylation sites (tertiary alicyclic amines) is 1. The summed E-state index contributed by atoms with van der Waals surface area (Å²) in [6, 6.07) is 10.6. The Morgan fingerprint density at radius 3 is 2.68 bits per heavy atom. The number of piperidine rings is 1. The predicted molar refractivity (Wildman–Crippen MR) is 100 cm³/mol. The van der Waals surface area contributed by atoms with Gasteiger partial charge < -0.3 is 9.64 Å². The molecular formula is C21H32N2O2. The first-order valence-corrected chi connectivity index (χ1v) is 9.85. The summed E-state index contributed by atoms with van der Waals surface area (Å²) >= 11 is 0. The van der Waals surface area contributed by atoms with Crippen molar-refractivity contribution in [3.63, 3.8) is 0 Å². The molecule has 2 saturated heterocycles. The van der Waals surface area contributed by atoms with E-state index in [0.717, 1.165) is 70.9 Å². The van der Waals surface area contributed by atoms with Gasteiger partial charge in [-0.05, 0) is 50.1 Å². The zero-order valence-corrected chi connectivity index (χ0v) is 15.5. The fourth-order valence-corrected chi connectivity index (χ4v) is 4.05. The highest BCUT2D eigenvalue weighted by Gasteiger charge is 2.30. The molecule has 2 heterocycles. The predicted octanol–water partition coefficient (Wildman–Crippen LogP) is 3.32. The first kappa shape index (κ1) is 18.4. The molecule has 2 aliphatic rings. The maximum Gasteiger partial charge on any atom is 0.239 e. The van der Waals surface area contributed by atoms with Crippen LogP contribution in [0.5, 0.6) is 0 Å². The minimum Gasteiger partial charge on any atom is -0.381 e. The van der Waals surface area contributed by atoms with Crippen molar-refractivity contribution in [2.24, 2.45) is 5.92 Å². The van der Waals surface area contributed by atoms with Gasteiger partial charge in [0.25, 0.3) is 0 Å². The Labute approximate surface area is 152 Å². The topological polar surface area (TPSA) is 32.8 Å². The third-order valence-corrected chi connectivity index (χ3v) is 5.72. The highest BCUT2D eigenvalue weighted by atomic mass is 16.5. The quantitative estimate of drug-likeness (QED) is 0.794. The number of hydrogen-bond acceptors (Lipinski definition) is 3. The fourth-order valence-electron chi connectivity index (χ4n) is 4.05. The van der Waals surface area contributed by atoms with Crippen molar-refractivity contribution < 1.29 is 9.53 Å². The minimum atomic E-state index is 0.0497. The van der Waals surface area contributed by atoms with Crippen molar-refractivity contribution >= 4 is 5.91 Å². The van der Waals surface area contributed by atoms with Gasteiger partial charge in [-0.1, -0.05) is 36.8 Å². The summed E-state index contributed by atoms with van der Waals surface area (Å²) in [6.45, 7) is 4.55. The third kappa shape index (κ3) is 5.29. The number of rotatable bonds is 6. The lowest BCUT2D eigenvalue weighted by Gasteiger charge is -2.37. The van der Waals surface area contributed by atoms with Gasteiger partial charge in [0.15, 0.2) is 0 Å². The van der Waals surface area contributed by atoms with Gasteiger partial charge in [0.1, 0.15) is 0 Å². The average Bonchev–Trinajstić information content (AvgIpc) is 2.67. The number of ether oxygens (including phenoxy) is 1. The van der Waals surface area contributed by atoms with Crippen molar-refractivity contribution in [3.05, 3.63) is 35.9 Å². The van der Waals surface area contributed by atoms with Crippen LogP contribution < -0.4 is 0 Å². The van der Waals surface area contributed by atoms with Gasteiger partial charge in [-0.25, -0.2) is 0 Å². The Balaban J connectivity index is 1.54. The van der Waals surface area contributed by atoms with E-state index in [-0.39, 0.29) is 6.04 Å². The lowest BCUT2D eigenvalue weighted by molar-refractivity contribution is -0.137. The molecule has 138 valence electrons. The first-order valence-electron chi connectivity index (χ1n) is 9.85. The summed E-state index contributed by atoms with van der Waals surface area (Å²) < 4.78 is 5.43. The molecule has 2 aliphatic heterocycles. The molecule has 0 N–H and O–H groups in total. The highest BCUT2D eigenvalue weighted by molar-refractivity contribution is 5.81. The van der Waals surface area contributed by atoms with Crippen molar-refractivity contribution in [2.45, 2.75) is 51.1 Å². The minimum absolute atomic E-state index is 0.0497. The second kappa shape index (κ2) is 9.35.